The van der Waals surface area contributed by atoms with Gasteiger partial charge >= 0.3 is 11.9 Å². The molecular weight excluding hydrogens is 789 g/mol. The van der Waals surface area contributed by atoms with E-state index in [2.05, 4.69) is 106 Å². The van der Waals surface area contributed by atoms with Crippen molar-refractivity contribution in [3.05, 3.63) is 85.1 Å². The molecule has 0 aromatic rings. The molecule has 0 aromatic carbocycles. The van der Waals surface area contributed by atoms with Crippen molar-refractivity contribution in [2.75, 3.05) is 19.8 Å². The summed E-state index contributed by atoms with van der Waals surface area (Å²) in [6.45, 7) is 7.58. The molecule has 64 heavy (non-hydrogen) atoms. The number of carbonyl (C=O) groups excluding carboxylic acids is 2. The highest BCUT2D eigenvalue weighted by Crippen LogP contribution is 2.14. The highest BCUT2D eigenvalue weighted by Gasteiger charge is 2.17. The van der Waals surface area contributed by atoms with Crippen LogP contribution in [-0.4, -0.2) is 37.9 Å². The van der Waals surface area contributed by atoms with E-state index in [-0.39, 0.29) is 25.2 Å². The van der Waals surface area contributed by atoms with Crippen molar-refractivity contribution < 1.29 is 23.8 Å². The van der Waals surface area contributed by atoms with E-state index >= 15 is 0 Å². The van der Waals surface area contributed by atoms with Crippen molar-refractivity contribution in [1.82, 2.24) is 0 Å². The Bertz CT molecular complexity index is 1190. The second kappa shape index (κ2) is 54.4. The van der Waals surface area contributed by atoms with Gasteiger partial charge in [0.2, 0.25) is 0 Å². The molecule has 0 aliphatic rings. The van der Waals surface area contributed by atoms with Gasteiger partial charge in [-0.05, 0) is 109 Å². The first-order valence-corrected chi connectivity index (χ1v) is 27.1. The molecule has 0 saturated heterocycles. The maximum Gasteiger partial charge on any atom is 0.306 e. The van der Waals surface area contributed by atoms with E-state index in [1.807, 2.05) is 0 Å². The van der Waals surface area contributed by atoms with Crippen molar-refractivity contribution >= 4 is 11.9 Å². The van der Waals surface area contributed by atoms with Crippen molar-refractivity contribution in [1.29, 1.82) is 0 Å². The van der Waals surface area contributed by atoms with E-state index in [9.17, 15) is 9.59 Å². The van der Waals surface area contributed by atoms with Crippen LogP contribution in [0.1, 0.15) is 252 Å². The Kier molecular flexibility index (Phi) is 51.9. The average molecular weight is 891 g/mol. The molecule has 0 radical (unpaired) electrons. The van der Waals surface area contributed by atoms with Gasteiger partial charge in [-0.3, -0.25) is 9.59 Å². The molecule has 1 atom stereocenters. The summed E-state index contributed by atoms with van der Waals surface area (Å²) in [6, 6.07) is 0. The highest BCUT2D eigenvalue weighted by molar-refractivity contribution is 5.70. The summed E-state index contributed by atoms with van der Waals surface area (Å²) in [6.07, 6.45) is 71.6. The van der Waals surface area contributed by atoms with Gasteiger partial charge in [0.1, 0.15) is 6.61 Å². The summed E-state index contributed by atoms with van der Waals surface area (Å²) in [4.78, 5) is 25.5. The molecule has 0 aromatic heterocycles. The molecule has 0 bridgehead atoms. The molecule has 0 aliphatic heterocycles. The molecule has 0 saturated carbocycles. The molecular formula is C59H102O5. The first kappa shape index (κ1) is 61.1. The number of hydrogen-bond donors (Lipinski definition) is 0. The lowest BCUT2D eigenvalue weighted by atomic mass is 10.1. The van der Waals surface area contributed by atoms with Gasteiger partial charge < -0.3 is 14.2 Å². The predicted molar refractivity (Wildman–Crippen MR) is 279 cm³/mol. The van der Waals surface area contributed by atoms with Gasteiger partial charge in [-0.25, -0.2) is 0 Å². The Morgan fingerprint density at radius 2 is 0.703 bits per heavy atom. The van der Waals surface area contributed by atoms with Crippen LogP contribution in [0.3, 0.4) is 0 Å². The minimum atomic E-state index is -0.552. The van der Waals surface area contributed by atoms with E-state index < -0.39 is 6.10 Å². The number of hydrogen-bond acceptors (Lipinski definition) is 5. The van der Waals surface area contributed by atoms with Gasteiger partial charge in [-0.2, -0.15) is 0 Å². The number of ether oxygens (including phenoxy) is 3. The number of allylic oxidation sites excluding steroid dienone is 14. The van der Waals surface area contributed by atoms with Crippen LogP contribution in [-0.2, 0) is 23.8 Å². The standard InChI is InChI=1S/C59H102O5/c1-4-7-10-13-16-19-22-25-28-30-32-34-37-40-43-46-49-52-58(60)63-56-57(55-62-54-51-48-45-42-39-36-27-24-21-18-15-12-9-6-3)64-59(61)53-50-47-44-41-38-35-33-31-29-26-23-20-17-14-11-8-5-2/h7-8,10-11,16-17,19-21,24-26,28-29,57H,4-6,9,12-15,18,22-23,27,30-56H2,1-3H3/b10-7-,11-8-,19-16-,20-17-,24-21-,28-25-,29-26-. The van der Waals surface area contributed by atoms with Crippen LogP contribution < -0.4 is 0 Å². The summed E-state index contributed by atoms with van der Waals surface area (Å²) in [7, 11) is 0. The maximum absolute atomic E-state index is 12.8. The summed E-state index contributed by atoms with van der Waals surface area (Å²) in [5.41, 5.74) is 0. The van der Waals surface area contributed by atoms with Crippen LogP contribution in [0.2, 0.25) is 0 Å². The minimum absolute atomic E-state index is 0.0708. The molecule has 1 unspecified atom stereocenters. The normalized spacial score (nSPS) is 12.9. The average Bonchev–Trinajstić information content (AvgIpc) is 3.30. The van der Waals surface area contributed by atoms with Gasteiger partial charge in [-0.1, -0.05) is 215 Å². The van der Waals surface area contributed by atoms with Crippen LogP contribution >= 0.6 is 0 Å². The molecule has 0 N–H and O–H groups in total. The number of rotatable bonds is 49. The van der Waals surface area contributed by atoms with Crippen LogP contribution in [0.4, 0.5) is 0 Å². The molecule has 368 valence electrons. The highest BCUT2D eigenvalue weighted by atomic mass is 16.6. The SMILES string of the molecule is CC/C=C\C/C=C\C/C=C\CCCCCCCCCC(=O)OCC(COCCCCCCCC/C=C\CCCCCC)OC(=O)CCCCCCCCC/C=C\C/C=C\C/C=C\CC. The summed E-state index contributed by atoms with van der Waals surface area (Å²) >= 11 is 0. The van der Waals surface area contributed by atoms with Gasteiger partial charge in [0, 0.05) is 19.4 Å². The summed E-state index contributed by atoms with van der Waals surface area (Å²) < 4.78 is 17.4. The molecule has 0 fully saturated rings. The van der Waals surface area contributed by atoms with E-state index in [0.717, 1.165) is 103 Å². The molecule has 5 nitrogen and oxygen atoms in total. The molecule has 0 rings (SSSR count). The zero-order valence-corrected chi connectivity index (χ0v) is 42.3. The van der Waals surface area contributed by atoms with Crippen LogP contribution in [0.15, 0.2) is 85.1 Å². The Hall–Kier alpha value is -2.92. The lowest BCUT2D eigenvalue weighted by Gasteiger charge is -2.18. The second-order valence-corrected chi connectivity index (χ2v) is 17.7. The maximum atomic E-state index is 12.8. The van der Waals surface area contributed by atoms with E-state index in [1.165, 1.54) is 116 Å². The van der Waals surface area contributed by atoms with Crippen LogP contribution in [0.5, 0.6) is 0 Å². The Morgan fingerprint density at radius 1 is 0.359 bits per heavy atom. The lowest BCUT2D eigenvalue weighted by Crippen LogP contribution is -2.30. The van der Waals surface area contributed by atoms with Crippen molar-refractivity contribution in [3.8, 4) is 0 Å². The quantitative estimate of drug-likeness (QED) is 0.0346. The van der Waals surface area contributed by atoms with Crippen molar-refractivity contribution in [2.45, 2.75) is 258 Å². The monoisotopic (exact) mass is 891 g/mol. The Morgan fingerprint density at radius 3 is 1.14 bits per heavy atom. The third-order valence-electron chi connectivity index (χ3n) is 11.4. The van der Waals surface area contributed by atoms with Crippen LogP contribution in [0, 0.1) is 0 Å². The zero-order valence-electron chi connectivity index (χ0n) is 42.3. The topological polar surface area (TPSA) is 61.8 Å². The number of esters is 2. The van der Waals surface area contributed by atoms with Gasteiger partial charge in [0.25, 0.3) is 0 Å². The lowest BCUT2D eigenvalue weighted by molar-refractivity contribution is -0.163. The summed E-state index contributed by atoms with van der Waals surface area (Å²) in [5, 5.41) is 0. The Labute approximate surface area is 397 Å². The zero-order chi connectivity index (χ0) is 46.3. The summed E-state index contributed by atoms with van der Waals surface area (Å²) in [5.74, 6) is -0.420. The van der Waals surface area contributed by atoms with Gasteiger partial charge in [0.05, 0.1) is 6.61 Å². The minimum Gasteiger partial charge on any atom is -0.462 e. The largest absolute Gasteiger partial charge is 0.462 e. The fourth-order valence-electron chi connectivity index (χ4n) is 7.42. The van der Waals surface area contributed by atoms with Gasteiger partial charge in [0.15, 0.2) is 6.10 Å². The molecule has 0 heterocycles. The van der Waals surface area contributed by atoms with E-state index in [4.69, 9.17) is 14.2 Å². The smallest absolute Gasteiger partial charge is 0.306 e. The number of carbonyl (C=O) groups is 2. The van der Waals surface area contributed by atoms with Gasteiger partial charge in [-0.15, -0.1) is 0 Å². The van der Waals surface area contributed by atoms with Crippen molar-refractivity contribution in [3.63, 3.8) is 0 Å². The molecule has 0 aliphatic carbocycles. The fraction of sp³-hybridized carbons (Fsp3) is 0.729. The third-order valence-corrected chi connectivity index (χ3v) is 11.4. The first-order chi connectivity index (χ1) is 31.6. The fourth-order valence-corrected chi connectivity index (χ4v) is 7.42. The number of unbranched alkanes of at least 4 members (excludes halogenated alkanes) is 24. The second-order valence-electron chi connectivity index (χ2n) is 17.7. The first-order valence-electron chi connectivity index (χ1n) is 27.1. The molecule has 0 spiro atoms. The van der Waals surface area contributed by atoms with E-state index in [0.29, 0.717) is 19.4 Å². The van der Waals surface area contributed by atoms with E-state index in [1.54, 1.807) is 0 Å². The molecule has 5 heteroatoms. The van der Waals surface area contributed by atoms with Crippen LogP contribution in [0.25, 0.3) is 0 Å². The van der Waals surface area contributed by atoms with Crippen molar-refractivity contribution in [2.24, 2.45) is 0 Å². The third kappa shape index (κ3) is 51.7. The predicted octanol–water partition coefficient (Wildman–Crippen LogP) is 18.5. The Balaban J connectivity index is 4.31. The molecule has 0 amide bonds.